The molecule has 0 spiro atoms. The van der Waals surface area contributed by atoms with Crippen molar-refractivity contribution < 1.29 is 5.11 Å². The highest BCUT2D eigenvalue weighted by Crippen LogP contribution is 2.21. The monoisotopic (exact) mass is 242 g/mol. The molecule has 1 fully saturated rings. The van der Waals surface area contributed by atoms with Gasteiger partial charge >= 0.3 is 0 Å². The number of hydrogen-bond acceptors (Lipinski definition) is 3. The van der Waals surface area contributed by atoms with Crippen molar-refractivity contribution in [3.05, 3.63) is 0 Å². The molecule has 0 aromatic carbocycles. The van der Waals surface area contributed by atoms with E-state index in [1.807, 2.05) is 0 Å². The van der Waals surface area contributed by atoms with Crippen molar-refractivity contribution in [3.63, 3.8) is 0 Å². The molecule has 0 heterocycles. The molecular formula is C14H30N2O. The Balaban J connectivity index is 2.32. The second kappa shape index (κ2) is 8.06. The Bertz CT molecular complexity index is 197. The van der Waals surface area contributed by atoms with Gasteiger partial charge in [-0.3, -0.25) is 0 Å². The van der Waals surface area contributed by atoms with Crippen LogP contribution in [0.3, 0.4) is 0 Å². The van der Waals surface area contributed by atoms with Gasteiger partial charge in [0.15, 0.2) is 0 Å². The molecule has 1 N–H and O–H groups in total. The summed E-state index contributed by atoms with van der Waals surface area (Å²) >= 11 is 0. The average Bonchev–Trinajstić information content (AvgIpc) is 2.23. The first-order valence-electron chi connectivity index (χ1n) is 7.14. The molecule has 0 radical (unpaired) electrons. The lowest BCUT2D eigenvalue weighted by atomic mass is 9.93. The molecule has 17 heavy (non-hydrogen) atoms. The van der Waals surface area contributed by atoms with E-state index in [0.29, 0.717) is 6.04 Å². The molecule has 0 bridgehead atoms. The molecule has 0 aliphatic heterocycles. The Hall–Kier alpha value is -0.120. The number of aliphatic hydroxyl groups excluding tert-OH is 1. The Morgan fingerprint density at radius 2 is 1.59 bits per heavy atom. The first-order chi connectivity index (χ1) is 8.11. The van der Waals surface area contributed by atoms with E-state index in [9.17, 15) is 5.11 Å². The third-order valence-corrected chi connectivity index (χ3v) is 3.88. The van der Waals surface area contributed by atoms with Crippen LogP contribution in [0.5, 0.6) is 0 Å². The highest BCUT2D eigenvalue weighted by atomic mass is 16.3. The number of aliphatic hydroxyl groups is 1. The minimum Gasteiger partial charge on any atom is -0.391 e. The van der Waals surface area contributed by atoms with Gasteiger partial charge in [-0.05, 0) is 53.5 Å². The Morgan fingerprint density at radius 1 is 0.941 bits per heavy atom. The summed E-state index contributed by atoms with van der Waals surface area (Å²) in [6.07, 6.45) is 8.35. The number of nitrogens with zero attached hydrogens (tertiary/aromatic N) is 2. The van der Waals surface area contributed by atoms with Gasteiger partial charge in [0, 0.05) is 6.04 Å². The molecule has 1 aliphatic carbocycles. The second-order valence-corrected chi connectivity index (χ2v) is 5.76. The summed E-state index contributed by atoms with van der Waals surface area (Å²) in [5, 5.41) is 10.2. The van der Waals surface area contributed by atoms with Crippen LogP contribution in [-0.2, 0) is 0 Å². The predicted octanol–water partition coefficient (Wildman–Crippen LogP) is 1.95. The zero-order valence-electron chi connectivity index (χ0n) is 11.9. The van der Waals surface area contributed by atoms with E-state index in [0.717, 1.165) is 19.5 Å². The largest absolute Gasteiger partial charge is 0.391 e. The smallest absolute Gasteiger partial charge is 0.0695 e. The number of rotatable bonds is 5. The minimum atomic E-state index is -0.111. The summed E-state index contributed by atoms with van der Waals surface area (Å²) in [6.45, 7) is 2.23. The predicted molar refractivity (Wildman–Crippen MR) is 73.3 cm³/mol. The van der Waals surface area contributed by atoms with E-state index in [1.165, 1.54) is 38.5 Å². The third-order valence-electron chi connectivity index (χ3n) is 3.88. The summed E-state index contributed by atoms with van der Waals surface area (Å²) < 4.78 is 0. The van der Waals surface area contributed by atoms with Crippen molar-refractivity contribution in [2.75, 3.05) is 34.2 Å². The van der Waals surface area contributed by atoms with Gasteiger partial charge in [-0.2, -0.15) is 0 Å². The zero-order valence-corrected chi connectivity index (χ0v) is 11.9. The van der Waals surface area contributed by atoms with E-state index < -0.39 is 0 Å². The maximum absolute atomic E-state index is 10.2. The Morgan fingerprint density at radius 3 is 2.24 bits per heavy atom. The molecule has 0 saturated heterocycles. The fraction of sp³-hybridized carbons (Fsp3) is 1.00. The van der Waals surface area contributed by atoms with Crippen LogP contribution in [0, 0.1) is 0 Å². The molecule has 3 nitrogen and oxygen atoms in total. The van der Waals surface area contributed by atoms with Crippen LogP contribution in [0.15, 0.2) is 0 Å². The first-order valence-corrected chi connectivity index (χ1v) is 7.14. The topological polar surface area (TPSA) is 26.7 Å². The summed E-state index contributed by atoms with van der Waals surface area (Å²) in [6, 6.07) is 0.387. The lowest BCUT2D eigenvalue weighted by Gasteiger charge is -2.33. The van der Waals surface area contributed by atoms with Gasteiger partial charge in [-0.1, -0.05) is 25.7 Å². The van der Waals surface area contributed by atoms with E-state index in [2.05, 4.69) is 30.9 Å². The van der Waals surface area contributed by atoms with Gasteiger partial charge in [0.2, 0.25) is 0 Å². The Kier molecular flexibility index (Phi) is 7.09. The van der Waals surface area contributed by atoms with Crippen molar-refractivity contribution in [2.24, 2.45) is 0 Å². The van der Waals surface area contributed by atoms with Gasteiger partial charge in [-0.25, -0.2) is 0 Å². The quantitative estimate of drug-likeness (QED) is 0.798. The number of likely N-dealkylation sites (N-methyl/N-ethyl adjacent to an activating group) is 1. The summed E-state index contributed by atoms with van der Waals surface area (Å²) in [7, 11) is 6.40. The Labute approximate surface area is 107 Å². The van der Waals surface area contributed by atoms with Gasteiger partial charge in [0.1, 0.15) is 0 Å². The van der Waals surface area contributed by atoms with Crippen molar-refractivity contribution >= 4 is 0 Å². The molecule has 1 saturated carbocycles. The molecule has 1 aliphatic rings. The lowest BCUT2D eigenvalue weighted by Crippen LogP contribution is -2.42. The molecule has 0 aromatic heterocycles. The third kappa shape index (κ3) is 5.84. The summed E-state index contributed by atoms with van der Waals surface area (Å²) in [5.74, 6) is 0. The molecular weight excluding hydrogens is 212 g/mol. The summed E-state index contributed by atoms with van der Waals surface area (Å²) in [4.78, 5) is 4.60. The fourth-order valence-electron chi connectivity index (χ4n) is 2.76. The van der Waals surface area contributed by atoms with Crippen molar-refractivity contribution in [2.45, 2.75) is 57.1 Å². The van der Waals surface area contributed by atoms with E-state index in [4.69, 9.17) is 0 Å². The van der Waals surface area contributed by atoms with Crippen LogP contribution in [0.4, 0.5) is 0 Å². The first kappa shape index (κ1) is 14.9. The van der Waals surface area contributed by atoms with Crippen LogP contribution in [0.1, 0.15) is 44.9 Å². The lowest BCUT2D eigenvalue weighted by molar-refractivity contribution is 0.0430. The number of hydrogen-bond donors (Lipinski definition) is 1. The molecule has 0 aromatic rings. The highest BCUT2D eigenvalue weighted by molar-refractivity contribution is 4.79. The SMILES string of the molecule is CN(C)CCCN(C)C1CCCCCCC1O. The van der Waals surface area contributed by atoms with E-state index >= 15 is 0 Å². The van der Waals surface area contributed by atoms with Crippen LogP contribution in [-0.4, -0.2) is 61.3 Å². The average molecular weight is 242 g/mol. The van der Waals surface area contributed by atoms with Crippen molar-refractivity contribution in [3.8, 4) is 0 Å². The van der Waals surface area contributed by atoms with Gasteiger partial charge < -0.3 is 14.9 Å². The molecule has 1 rings (SSSR count). The van der Waals surface area contributed by atoms with Gasteiger partial charge in [0.05, 0.1) is 6.10 Å². The highest BCUT2D eigenvalue weighted by Gasteiger charge is 2.23. The van der Waals surface area contributed by atoms with Crippen LogP contribution >= 0.6 is 0 Å². The van der Waals surface area contributed by atoms with Gasteiger partial charge in [0.25, 0.3) is 0 Å². The fourth-order valence-corrected chi connectivity index (χ4v) is 2.76. The molecule has 2 atom stereocenters. The molecule has 102 valence electrons. The summed E-state index contributed by atoms with van der Waals surface area (Å²) in [5.41, 5.74) is 0. The maximum Gasteiger partial charge on any atom is 0.0695 e. The maximum atomic E-state index is 10.2. The zero-order chi connectivity index (χ0) is 12.7. The molecule has 0 amide bonds. The minimum absolute atomic E-state index is 0.111. The standard InChI is InChI=1S/C14H30N2O/c1-15(2)11-8-12-16(3)13-9-6-4-5-7-10-14(13)17/h13-14,17H,4-12H2,1-3H3. The molecule has 3 heteroatoms. The van der Waals surface area contributed by atoms with Crippen LogP contribution in [0.25, 0.3) is 0 Å². The van der Waals surface area contributed by atoms with Crippen LogP contribution < -0.4 is 0 Å². The van der Waals surface area contributed by atoms with Crippen LogP contribution in [0.2, 0.25) is 0 Å². The second-order valence-electron chi connectivity index (χ2n) is 5.76. The molecule has 2 unspecified atom stereocenters. The normalized spacial score (nSPS) is 27.2. The van der Waals surface area contributed by atoms with Gasteiger partial charge in [-0.15, -0.1) is 0 Å². The van der Waals surface area contributed by atoms with Crippen molar-refractivity contribution in [1.29, 1.82) is 0 Å². The van der Waals surface area contributed by atoms with E-state index in [-0.39, 0.29) is 6.10 Å². The van der Waals surface area contributed by atoms with Crippen molar-refractivity contribution in [1.82, 2.24) is 9.80 Å². The van der Waals surface area contributed by atoms with E-state index in [1.54, 1.807) is 0 Å².